The Morgan fingerprint density at radius 1 is 1.54 bits per heavy atom. The molecule has 0 fully saturated rings. The highest BCUT2D eigenvalue weighted by atomic mass is 35.5. The highest BCUT2D eigenvalue weighted by Crippen LogP contribution is 2.23. The maximum absolute atomic E-state index is 13.1. The molecule has 13 heavy (non-hydrogen) atoms. The molecular formula is C10H8ClFO. The van der Waals surface area contributed by atoms with E-state index in [1.165, 1.54) is 12.1 Å². The van der Waals surface area contributed by atoms with Crippen LogP contribution in [-0.4, -0.2) is 6.61 Å². The van der Waals surface area contributed by atoms with Gasteiger partial charge < -0.3 is 4.74 Å². The van der Waals surface area contributed by atoms with Gasteiger partial charge in [-0.1, -0.05) is 17.7 Å². The van der Waals surface area contributed by atoms with Crippen molar-refractivity contribution in [2.75, 3.05) is 6.61 Å². The molecule has 3 heteroatoms. The van der Waals surface area contributed by atoms with Crippen molar-refractivity contribution in [3.63, 3.8) is 0 Å². The van der Waals surface area contributed by atoms with Crippen LogP contribution in [0.1, 0.15) is 6.42 Å². The SMILES string of the molecule is C#CCCOc1cccc(Cl)c1F. The molecule has 0 heterocycles. The summed E-state index contributed by atoms with van der Waals surface area (Å²) in [5.74, 6) is 1.99. The van der Waals surface area contributed by atoms with E-state index in [1.54, 1.807) is 6.07 Å². The van der Waals surface area contributed by atoms with Gasteiger partial charge >= 0.3 is 0 Å². The van der Waals surface area contributed by atoms with Gasteiger partial charge in [0, 0.05) is 6.42 Å². The Bertz CT molecular complexity index is 330. The van der Waals surface area contributed by atoms with Gasteiger partial charge in [0.2, 0.25) is 0 Å². The molecule has 0 unspecified atom stereocenters. The zero-order valence-corrected chi connectivity index (χ0v) is 7.64. The predicted molar refractivity (Wildman–Crippen MR) is 50.4 cm³/mol. The lowest BCUT2D eigenvalue weighted by Gasteiger charge is -2.05. The summed E-state index contributed by atoms with van der Waals surface area (Å²) in [6, 6.07) is 4.60. The fourth-order valence-corrected chi connectivity index (χ4v) is 0.981. The zero-order chi connectivity index (χ0) is 9.68. The molecular weight excluding hydrogens is 191 g/mol. The fourth-order valence-electron chi connectivity index (χ4n) is 0.815. The minimum Gasteiger partial charge on any atom is -0.489 e. The first-order valence-corrected chi connectivity index (χ1v) is 4.13. The third kappa shape index (κ3) is 2.64. The molecule has 0 radical (unpaired) electrons. The third-order valence-corrected chi connectivity index (χ3v) is 1.71. The van der Waals surface area contributed by atoms with Gasteiger partial charge in [-0.2, -0.15) is 0 Å². The quantitative estimate of drug-likeness (QED) is 0.536. The molecule has 0 N–H and O–H groups in total. The standard InChI is InChI=1S/C10H8ClFO/c1-2-3-7-13-9-6-4-5-8(11)10(9)12/h1,4-6H,3,7H2. The number of terminal acetylenes is 1. The van der Waals surface area contributed by atoms with E-state index in [1.807, 2.05) is 0 Å². The highest BCUT2D eigenvalue weighted by Gasteiger charge is 2.05. The van der Waals surface area contributed by atoms with Gasteiger partial charge in [0.05, 0.1) is 11.6 Å². The summed E-state index contributed by atoms with van der Waals surface area (Å²) in [6.07, 6.45) is 5.46. The van der Waals surface area contributed by atoms with E-state index in [9.17, 15) is 4.39 Å². The second kappa shape index (κ2) is 4.74. The van der Waals surface area contributed by atoms with Crippen LogP contribution in [0, 0.1) is 18.2 Å². The maximum atomic E-state index is 13.1. The first-order chi connectivity index (χ1) is 6.25. The fraction of sp³-hybridized carbons (Fsp3) is 0.200. The highest BCUT2D eigenvalue weighted by molar-refractivity contribution is 6.30. The smallest absolute Gasteiger partial charge is 0.183 e. The van der Waals surface area contributed by atoms with E-state index in [-0.39, 0.29) is 10.8 Å². The Morgan fingerprint density at radius 2 is 2.31 bits per heavy atom. The Balaban J connectivity index is 2.67. The van der Waals surface area contributed by atoms with Crippen LogP contribution in [-0.2, 0) is 0 Å². The molecule has 0 aliphatic rings. The number of hydrogen-bond donors (Lipinski definition) is 0. The van der Waals surface area contributed by atoms with Gasteiger partial charge in [-0.15, -0.1) is 12.3 Å². The third-order valence-electron chi connectivity index (χ3n) is 1.42. The number of ether oxygens (including phenoxy) is 1. The Morgan fingerprint density at radius 3 is 3.00 bits per heavy atom. The molecule has 0 aliphatic carbocycles. The topological polar surface area (TPSA) is 9.23 Å². The van der Waals surface area contributed by atoms with Crippen LogP contribution in [0.15, 0.2) is 18.2 Å². The second-order valence-corrected chi connectivity index (χ2v) is 2.76. The Hall–Kier alpha value is -1.20. The van der Waals surface area contributed by atoms with E-state index in [0.717, 1.165) is 0 Å². The summed E-state index contributed by atoms with van der Waals surface area (Å²) in [5, 5.41) is 0.0539. The van der Waals surface area contributed by atoms with Crippen LogP contribution in [0.5, 0.6) is 5.75 Å². The van der Waals surface area contributed by atoms with Gasteiger partial charge in [0.15, 0.2) is 11.6 Å². The monoisotopic (exact) mass is 198 g/mol. The molecule has 1 rings (SSSR count). The summed E-state index contributed by atoms with van der Waals surface area (Å²) >= 11 is 5.53. The van der Waals surface area contributed by atoms with E-state index < -0.39 is 5.82 Å². The van der Waals surface area contributed by atoms with Crippen LogP contribution in [0.3, 0.4) is 0 Å². The van der Waals surface area contributed by atoms with Crippen molar-refractivity contribution in [1.29, 1.82) is 0 Å². The van der Waals surface area contributed by atoms with Crippen molar-refractivity contribution >= 4 is 11.6 Å². The molecule has 0 saturated heterocycles. The first-order valence-electron chi connectivity index (χ1n) is 3.76. The summed E-state index contributed by atoms with van der Waals surface area (Å²) in [4.78, 5) is 0. The van der Waals surface area contributed by atoms with E-state index in [0.29, 0.717) is 13.0 Å². The van der Waals surface area contributed by atoms with Crippen LogP contribution >= 0.6 is 11.6 Å². The Kier molecular flexibility index (Phi) is 3.60. The van der Waals surface area contributed by atoms with Crippen LogP contribution in [0.25, 0.3) is 0 Å². The molecule has 1 aromatic rings. The summed E-state index contributed by atoms with van der Waals surface area (Å²) < 4.78 is 18.2. The lowest BCUT2D eigenvalue weighted by Crippen LogP contribution is -1.97. The first kappa shape index (κ1) is 9.88. The summed E-state index contributed by atoms with van der Waals surface area (Å²) in [7, 11) is 0. The van der Waals surface area contributed by atoms with Gasteiger partial charge in [-0.05, 0) is 12.1 Å². The lowest BCUT2D eigenvalue weighted by molar-refractivity contribution is 0.310. The van der Waals surface area contributed by atoms with Crippen LogP contribution in [0.2, 0.25) is 5.02 Å². The molecule has 1 nitrogen and oxygen atoms in total. The molecule has 0 spiro atoms. The average molecular weight is 199 g/mol. The Labute approximate surface area is 81.5 Å². The van der Waals surface area contributed by atoms with Crippen LogP contribution in [0.4, 0.5) is 4.39 Å². The van der Waals surface area contributed by atoms with Crippen molar-refractivity contribution in [1.82, 2.24) is 0 Å². The van der Waals surface area contributed by atoms with Crippen LogP contribution < -0.4 is 4.74 Å². The molecule has 0 bridgehead atoms. The molecule has 0 aliphatic heterocycles. The molecule has 0 atom stereocenters. The number of benzene rings is 1. The van der Waals surface area contributed by atoms with E-state index in [2.05, 4.69) is 5.92 Å². The summed E-state index contributed by atoms with van der Waals surface area (Å²) in [5.41, 5.74) is 0. The van der Waals surface area contributed by atoms with E-state index in [4.69, 9.17) is 22.8 Å². The van der Waals surface area contributed by atoms with Crippen molar-refractivity contribution in [2.24, 2.45) is 0 Å². The minimum atomic E-state index is -0.541. The normalized spacial score (nSPS) is 9.31. The van der Waals surface area contributed by atoms with Gasteiger partial charge in [0.25, 0.3) is 0 Å². The maximum Gasteiger partial charge on any atom is 0.183 e. The summed E-state index contributed by atoms with van der Waals surface area (Å²) in [6.45, 7) is 0.299. The number of hydrogen-bond acceptors (Lipinski definition) is 1. The molecule has 68 valence electrons. The van der Waals surface area contributed by atoms with Gasteiger partial charge in [-0.25, -0.2) is 4.39 Å². The second-order valence-electron chi connectivity index (χ2n) is 2.35. The zero-order valence-electron chi connectivity index (χ0n) is 6.89. The minimum absolute atomic E-state index is 0.0539. The lowest BCUT2D eigenvalue weighted by atomic mass is 10.3. The van der Waals surface area contributed by atoms with Gasteiger partial charge in [0.1, 0.15) is 0 Å². The average Bonchev–Trinajstić information content (AvgIpc) is 2.13. The van der Waals surface area contributed by atoms with Crippen molar-refractivity contribution < 1.29 is 9.13 Å². The predicted octanol–water partition coefficient (Wildman–Crippen LogP) is 2.88. The molecule has 1 aromatic carbocycles. The van der Waals surface area contributed by atoms with Crippen molar-refractivity contribution in [3.8, 4) is 18.1 Å². The van der Waals surface area contributed by atoms with Gasteiger partial charge in [-0.3, -0.25) is 0 Å². The van der Waals surface area contributed by atoms with Crippen molar-refractivity contribution in [3.05, 3.63) is 29.0 Å². The molecule has 0 amide bonds. The molecule has 0 aromatic heterocycles. The number of halogens is 2. The largest absolute Gasteiger partial charge is 0.489 e. The van der Waals surface area contributed by atoms with E-state index >= 15 is 0 Å². The van der Waals surface area contributed by atoms with Crippen molar-refractivity contribution in [2.45, 2.75) is 6.42 Å². The number of rotatable bonds is 3. The molecule has 0 saturated carbocycles.